The van der Waals surface area contributed by atoms with Gasteiger partial charge in [0.1, 0.15) is 30.0 Å². The molecule has 0 aliphatic carbocycles. The number of hydrogen-bond donors (Lipinski definition) is 3. The summed E-state index contributed by atoms with van der Waals surface area (Å²) in [5.74, 6) is 0.730. The molecule has 0 radical (unpaired) electrons. The van der Waals surface area contributed by atoms with E-state index in [1.165, 1.54) is 18.2 Å². The topological polar surface area (TPSA) is 96.6 Å². The van der Waals surface area contributed by atoms with Crippen LogP contribution in [-0.2, 0) is 0 Å². The van der Waals surface area contributed by atoms with Gasteiger partial charge in [0.15, 0.2) is 5.82 Å². The molecule has 0 saturated heterocycles. The monoisotopic (exact) mass is 309 g/mol. The Bertz CT molecular complexity index is 632. The van der Waals surface area contributed by atoms with Gasteiger partial charge in [-0.15, -0.1) is 0 Å². The van der Waals surface area contributed by atoms with Crippen LogP contribution in [-0.4, -0.2) is 35.5 Å². The number of aliphatic hydroxyl groups excluding tert-OH is 1. The van der Waals surface area contributed by atoms with Crippen molar-refractivity contribution < 1.29 is 23.6 Å². The fraction of sp³-hybridized carbons (Fsp3) is 0.286. The number of urea groups is 1. The van der Waals surface area contributed by atoms with Crippen molar-refractivity contribution in [3.63, 3.8) is 0 Å². The number of benzene rings is 1. The first-order valence-electron chi connectivity index (χ1n) is 6.57. The van der Waals surface area contributed by atoms with Crippen molar-refractivity contribution in [2.75, 3.05) is 18.5 Å². The molecule has 118 valence electrons. The molecule has 2 aromatic rings. The van der Waals surface area contributed by atoms with Crippen LogP contribution in [0.5, 0.6) is 5.75 Å². The third-order valence-corrected chi connectivity index (χ3v) is 2.61. The third-order valence-electron chi connectivity index (χ3n) is 2.61. The molecule has 0 aliphatic rings. The van der Waals surface area contributed by atoms with E-state index in [1.54, 1.807) is 19.1 Å². The molecule has 0 spiro atoms. The minimum Gasteiger partial charge on any atom is -0.491 e. The van der Waals surface area contributed by atoms with Crippen LogP contribution < -0.4 is 15.4 Å². The fourth-order valence-corrected chi connectivity index (χ4v) is 1.60. The highest BCUT2D eigenvalue weighted by molar-refractivity contribution is 5.88. The average Bonchev–Trinajstić information content (AvgIpc) is 2.88. The highest BCUT2D eigenvalue weighted by Gasteiger charge is 2.10. The van der Waals surface area contributed by atoms with Crippen LogP contribution in [0.25, 0.3) is 0 Å². The highest BCUT2D eigenvalue weighted by atomic mass is 19.1. The number of amides is 2. The van der Waals surface area contributed by atoms with Gasteiger partial charge in [-0.2, -0.15) is 0 Å². The summed E-state index contributed by atoms with van der Waals surface area (Å²) in [5.41, 5.74) is 0. The SMILES string of the molecule is Cc1cc(NC(=O)NC[C@@H](O)COc2cccc(F)c2)no1. The summed E-state index contributed by atoms with van der Waals surface area (Å²) in [7, 11) is 0. The zero-order chi connectivity index (χ0) is 15.9. The minimum absolute atomic E-state index is 0.0298. The number of carbonyl (C=O) groups excluding carboxylic acids is 1. The van der Waals surface area contributed by atoms with Crippen molar-refractivity contribution in [2.45, 2.75) is 13.0 Å². The Kier molecular flexibility index (Phi) is 5.31. The lowest BCUT2D eigenvalue weighted by atomic mass is 10.3. The van der Waals surface area contributed by atoms with Crippen molar-refractivity contribution in [3.8, 4) is 5.75 Å². The number of carbonyl (C=O) groups is 1. The van der Waals surface area contributed by atoms with E-state index < -0.39 is 18.0 Å². The van der Waals surface area contributed by atoms with E-state index in [1.807, 2.05) is 0 Å². The minimum atomic E-state index is -0.937. The largest absolute Gasteiger partial charge is 0.491 e. The zero-order valence-electron chi connectivity index (χ0n) is 11.9. The maximum atomic E-state index is 12.9. The smallest absolute Gasteiger partial charge is 0.320 e. The summed E-state index contributed by atoms with van der Waals surface area (Å²) in [6.45, 7) is 1.59. The summed E-state index contributed by atoms with van der Waals surface area (Å²) in [6, 6.07) is 6.60. The Morgan fingerprint density at radius 2 is 2.32 bits per heavy atom. The zero-order valence-corrected chi connectivity index (χ0v) is 11.9. The number of halogens is 1. The van der Waals surface area contributed by atoms with Crippen LogP contribution in [0, 0.1) is 12.7 Å². The van der Waals surface area contributed by atoms with Crippen molar-refractivity contribution in [2.24, 2.45) is 0 Å². The molecule has 0 saturated carbocycles. The van der Waals surface area contributed by atoms with Crippen LogP contribution >= 0.6 is 0 Å². The number of aryl methyl sites for hydroxylation is 1. The second-order valence-corrected chi connectivity index (χ2v) is 4.58. The number of anilines is 1. The van der Waals surface area contributed by atoms with Gasteiger partial charge in [-0.05, 0) is 19.1 Å². The second-order valence-electron chi connectivity index (χ2n) is 4.58. The number of aromatic nitrogens is 1. The normalized spacial score (nSPS) is 11.8. The number of nitrogens with one attached hydrogen (secondary N) is 2. The molecule has 1 atom stereocenters. The first-order chi connectivity index (χ1) is 10.5. The molecule has 0 fully saturated rings. The lowest BCUT2D eigenvalue weighted by molar-refractivity contribution is 0.108. The Balaban J connectivity index is 1.68. The van der Waals surface area contributed by atoms with Gasteiger partial charge in [0.05, 0.1) is 0 Å². The van der Waals surface area contributed by atoms with Gasteiger partial charge < -0.3 is 19.7 Å². The summed E-state index contributed by atoms with van der Waals surface area (Å²) in [4.78, 5) is 11.5. The van der Waals surface area contributed by atoms with Crippen LogP contribution in [0.4, 0.5) is 15.0 Å². The Morgan fingerprint density at radius 3 is 3.00 bits per heavy atom. The van der Waals surface area contributed by atoms with Crippen LogP contribution in [0.2, 0.25) is 0 Å². The number of rotatable bonds is 6. The quantitative estimate of drug-likeness (QED) is 0.754. The van der Waals surface area contributed by atoms with E-state index in [0.717, 1.165) is 0 Å². The molecule has 0 unspecified atom stereocenters. The summed E-state index contributed by atoms with van der Waals surface area (Å²) >= 11 is 0. The molecule has 2 amide bonds. The molecule has 3 N–H and O–H groups in total. The van der Waals surface area contributed by atoms with E-state index in [2.05, 4.69) is 15.8 Å². The van der Waals surface area contributed by atoms with Gasteiger partial charge in [-0.25, -0.2) is 9.18 Å². The van der Waals surface area contributed by atoms with Gasteiger partial charge >= 0.3 is 6.03 Å². The number of aliphatic hydroxyl groups is 1. The van der Waals surface area contributed by atoms with Crippen molar-refractivity contribution in [3.05, 3.63) is 41.9 Å². The van der Waals surface area contributed by atoms with Gasteiger partial charge in [0.2, 0.25) is 0 Å². The van der Waals surface area contributed by atoms with E-state index in [4.69, 9.17) is 9.26 Å². The van der Waals surface area contributed by atoms with Crippen molar-refractivity contribution in [1.82, 2.24) is 10.5 Å². The third kappa shape index (κ3) is 5.06. The lowest BCUT2D eigenvalue weighted by Gasteiger charge is -2.13. The molecule has 1 aromatic carbocycles. The van der Waals surface area contributed by atoms with E-state index in [0.29, 0.717) is 11.5 Å². The van der Waals surface area contributed by atoms with Crippen LogP contribution in [0.15, 0.2) is 34.9 Å². The van der Waals surface area contributed by atoms with E-state index in [9.17, 15) is 14.3 Å². The molecule has 2 rings (SSSR count). The molecule has 22 heavy (non-hydrogen) atoms. The lowest BCUT2D eigenvalue weighted by Crippen LogP contribution is -2.37. The van der Waals surface area contributed by atoms with Crippen LogP contribution in [0.3, 0.4) is 0 Å². The summed E-state index contributed by atoms with van der Waals surface area (Å²) < 4.78 is 22.9. The average molecular weight is 309 g/mol. The Hall–Kier alpha value is -2.61. The maximum Gasteiger partial charge on any atom is 0.320 e. The van der Waals surface area contributed by atoms with Gasteiger partial charge in [0, 0.05) is 18.7 Å². The molecule has 0 aliphatic heterocycles. The van der Waals surface area contributed by atoms with Gasteiger partial charge in [-0.1, -0.05) is 11.2 Å². The predicted octanol–water partition coefficient (Wildman–Crippen LogP) is 1.68. The first kappa shape index (κ1) is 15.8. The molecular weight excluding hydrogens is 293 g/mol. The number of ether oxygens (including phenoxy) is 1. The van der Waals surface area contributed by atoms with Gasteiger partial charge in [-0.3, -0.25) is 5.32 Å². The molecule has 1 aromatic heterocycles. The Morgan fingerprint density at radius 1 is 1.50 bits per heavy atom. The molecule has 1 heterocycles. The standard InChI is InChI=1S/C14H16FN3O4/c1-9-5-13(18-22-9)17-14(20)16-7-11(19)8-21-12-4-2-3-10(15)6-12/h2-6,11,19H,7-8H2,1H3,(H2,16,17,18,20)/t11-/m1/s1. The molecule has 7 nitrogen and oxygen atoms in total. The molecule has 8 heteroatoms. The number of nitrogens with zero attached hydrogens (tertiary/aromatic N) is 1. The summed E-state index contributed by atoms with van der Waals surface area (Å²) in [5, 5.41) is 18.2. The fourth-order valence-electron chi connectivity index (χ4n) is 1.60. The van der Waals surface area contributed by atoms with Crippen molar-refractivity contribution in [1.29, 1.82) is 0 Å². The molecular formula is C14H16FN3O4. The first-order valence-corrected chi connectivity index (χ1v) is 6.57. The van der Waals surface area contributed by atoms with E-state index in [-0.39, 0.29) is 19.0 Å². The highest BCUT2D eigenvalue weighted by Crippen LogP contribution is 2.12. The van der Waals surface area contributed by atoms with Gasteiger partial charge in [0.25, 0.3) is 0 Å². The van der Waals surface area contributed by atoms with Crippen LogP contribution in [0.1, 0.15) is 5.76 Å². The van der Waals surface area contributed by atoms with E-state index >= 15 is 0 Å². The maximum absolute atomic E-state index is 12.9. The number of hydrogen-bond acceptors (Lipinski definition) is 5. The second kappa shape index (κ2) is 7.41. The summed E-state index contributed by atoms with van der Waals surface area (Å²) in [6.07, 6.45) is -0.937. The Labute approximate surface area is 126 Å². The molecule has 0 bridgehead atoms. The predicted molar refractivity (Wildman–Crippen MR) is 76.2 cm³/mol. The van der Waals surface area contributed by atoms with Crippen molar-refractivity contribution >= 4 is 11.8 Å².